The van der Waals surface area contributed by atoms with Gasteiger partial charge in [-0.05, 0) is 92.8 Å². The summed E-state index contributed by atoms with van der Waals surface area (Å²) in [6.07, 6.45) is 8.14. The lowest BCUT2D eigenvalue weighted by Crippen LogP contribution is -2.54. The van der Waals surface area contributed by atoms with E-state index in [-0.39, 0.29) is 23.2 Å². The fourth-order valence-corrected chi connectivity index (χ4v) is 7.98. The number of aliphatic hydroxyl groups is 2. The second-order valence-electron chi connectivity index (χ2n) is 10.0. The van der Waals surface area contributed by atoms with Gasteiger partial charge in [0.05, 0.1) is 12.2 Å². The molecule has 0 bridgehead atoms. The van der Waals surface area contributed by atoms with Crippen LogP contribution in [0.2, 0.25) is 0 Å². The average molecular weight is 335 g/mol. The highest BCUT2D eigenvalue weighted by Crippen LogP contribution is 2.67. The van der Waals surface area contributed by atoms with Gasteiger partial charge < -0.3 is 10.2 Å². The number of hydrogen-bond donors (Lipinski definition) is 2. The number of ketones is 1. The van der Waals surface area contributed by atoms with Crippen LogP contribution in [0.1, 0.15) is 72.1 Å². The maximum absolute atomic E-state index is 12.2. The van der Waals surface area contributed by atoms with Gasteiger partial charge in [0.25, 0.3) is 0 Å². The summed E-state index contributed by atoms with van der Waals surface area (Å²) < 4.78 is 0. The molecule has 4 saturated carbocycles. The second-order valence-corrected chi connectivity index (χ2v) is 10.0. The normalized spacial score (nSPS) is 57.0. The lowest BCUT2D eigenvalue weighted by molar-refractivity contribution is -0.140. The van der Waals surface area contributed by atoms with Gasteiger partial charge in [-0.1, -0.05) is 13.8 Å². The molecular weight excluding hydrogens is 300 g/mol. The standard InChI is InChI=1S/C21H34O3/c1-12(22)19-18(24)11-17-15-5-4-13-10-14(23)6-8-20(13,2)16(15)7-9-21(17,19)3/h13-19,23-24H,4-11H2,1-3H3/t13?,14-,15-,16+,17+,18-,19+,20+,21+/m1/s1. The summed E-state index contributed by atoms with van der Waals surface area (Å²) >= 11 is 0. The molecule has 4 rings (SSSR count). The fourth-order valence-electron chi connectivity index (χ4n) is 7.98. The summed E-state index contributed by atoms with van der Waals surface area (Å²) in [7, 11) is 0. The van der Waals surface area contributed by atoms with Crippen LogP contribution in [0.15, 0.2) is 0 Å². The van der Waals surface area contributed by atoms with Crippen LogP contribution < -0.4 is 0 Å². The first-order valence-corrected chi connectivity index (χ1v) is 10.1. The van der Waals surface area contributed by atoms with E-state index in [2.05, 4.69) is 13.8 Å². The number of carbonyl (C=O) groups is 1. The summed E-state index contributed by atoms with van der Waals surface area (Å²) in [5, 5.41) is 20.7. The highest BCUT2D eigenvalue weighted by Gasteiger charge is 2.62. The van der Waals surface area contributed by atoms with E-state index in [0.717, 1.165) is 38.0 Å². The topological polar surface area (TPSA) is 57.5 Å². The molecule has 3 heteroatoms. The summed E-state index contributed by atoms with van der Waals surface area (Å²) in [4.78, 5) is 12.2. The van der Waals surface area contributed by atoms with Crippen molar-refractivity contribution in [2.24, 2.45) is 40.4 Å². The van der Waals surface area contributed by atoms with Crippen molar-refractivity contribution in [1.82, 2.24) is 0 Å². The Labute approximate surface area is 146 Å². The Bertz CT molecular complexity index is 531. The molecule has 4 fully saturated rings. The van der Waals surface area contributed by atoms with Crippen molar-refractivity contribution >= 4 is 5.78 Å². The van der Waals surface area contributed by atoms with E-state index < -0.39 is 6.10 Å². The zero-order chi connectivity index (χ0) is 17.3. The molecule has 1 unspecified atom stereocenters. The minimum atomic E-state index is -0.435. The predicted octanol–water partition coefficient (Wildman–Crippen LogP) is 3.57. The van der Waals surface area contributed by atoms with Gasteiger partial charge >= 0.3 is 0 Å². The largest absolute Gasteiger partial charge is 0.393 e. The number of rotatable bonds is 1. The van der Waals surface area contributed by atoms with Gasteiger partial charge in [0.15, 0.2) is 0 Å². The Kier molecular flexibility index (Phi) is 3.93. The second kappa shape index (κ2) is 5.54. The summed E-state index contributed by atoms with van der Waals surface area (Å²) in [6.45, 7) is 6.44. The van der Waals surface area contributed by atoms with E-state index in [9.17, 15) is 15.0 Å². The highest BCUT2D eigenvalue weighted by atomic mass is 16.3. The van der Waals surface area contributed by atoms with Crippen LogP contribution >= 0.6 is 0 Å². The molecule has 3 nitrogen and oxygen atoms in total. The van der Waals surface area contributed by atoms with Crippen LogP contribution in [0.5, 0.6) is 0 Å². The summed E-state index contributed by atoms with van der Waals surface area (Å²) in [5.41, 5.74) is 0.368. The molecule has 9 atom stereocenters. The van der Waals surface area contributed by atoms with Crippen LogP contribution in [0, 0.1) is 40.4 Å². The van der Waals surface area contributed by atoms with E-state index in [1.807, 2.05) is 0 Å². The van der Waals surface area contributed by atoms with Gasteiger partial charge in [-0.2, -0.15) is 0 Å². The molecule has 0 aromatic carbocycles. The summed E-state index contributed by atoms with van der Waals surface area (Å²) in [6, 6.07) is 0. The van der Waals surface area contributed by atoms with Gasteiger partial charge in [-0.25, -0.2) is 0 Å². The number of aliphatic hydroxyl groups excluding tert-OH is 2. The third-order valence-corrected chi connectivity index (χ3v) is 9.10. The first-order valence-electron chi connectivity index (χ1n) is 10.1. The quantitative estimate of drug-likeness (QED) is 0.771. The van der Waals surface area contributed by atoms with Crippen molar-refractivity contribution in [2.75, 3.05) is 0 Å². The number of Topliss-reactive ketones (excluding diaryl/α,β-unsaturated/α-hetero) is 1. The van der Waals surface area contributed by atoms with Gasteiger partial charge in [0, 0.05) is 5.92 Å². The Balaban J connectivity index is 1.64. The number of hydrogen-bond acceptors (Lipinski definition) is 3. The molecule has 0 aliphatic heterocycles. The molecule has 24 heavy (non-hydrogen) atoms. The Morgan fingerprint density at radius 1 is 0.917 bits per heavy atom. The molecule has 0 heterocycles. The molecule has 0 spiro atoms. The lowest BCUT2D eigenvalue weighted by Gasteiger charge is -2.60. The fraction of sp³-hybridized carbons (Fsp3) is 0.952. The van der Waals surface area contributed by atoms with Crippen molar-refractivity contribution in [3.05, 3.63) is 0 Å². The maximum atomic E-state index is 12.2. The first kappa shape index (κ1) is 17.0. The zero-order valence-corrected chi connectivity index (χ0v) is 15.5. The molecule has 0 aromatic heterocycles. The minimum Gasteiger partial charge on any atom is -0.393 e. The molecule has 0 amide bonds. The Morgan fingerprint density at radius 3 is 2.33 bits per heavy atom. The first-order chi connectivity index (χ1) is 11.3. The van der Waals surface area contributed by atoms with Crippen molar-refractivity contribution in [3.8, 4) is 0 Å². The third-order valence-electron chi connectivity index (χ3n) is 9.10. The summed E-state index contributed by atoms with van der Waals surface area (Å²) in [5.74, 6) is 2.60. The van der Waals surface area contributed by atoms with Crippen LogP contribution in [-0.2, 0) is 4.79 Å². The molecule has 2 N–H and O–H groups in total. The van der Waals surface area contributed by atoms with Crippen LogP contribution in [0.25, 0.3) is 0 Å². The van der Waals surface area contributed by atoms with Crippen molar-refractivity contribution in [1.29, 1.82) is 0 Å². The smallest absolute Gasteiger partial charge is 0.136 e. The predicted molar refractivity (Wildman–Crippen MR) is 93.3 cm³/mol. The highest BCUT2D eigenvalue weighted by molar-refractivity contribution is 5.80. The average Bonchev–Trinajstić information content (AvgIpc) is 2.78. The molecule has 0 aromatic rings. The SMILES string of the molecule is CC(=O)[C@H]1[C@H](O)C[C@H]2[C@@H]3CCC4C[C@H](O)CC[C@]4(C)[C@H]3CC[C@@]21C. The van der Waals surface area contributed by atoms with E-state index in [1.165, 1.54) is 19.3 Å². The Hall–Kier alpha value is -0.410. The third kappa shape index (κ3) is 2.19. The van der Waals surface area contributed by atoms with Gasteiger partial charge in [0.2, 0.25) is 0 Å². The van der Waals surface area contributed by atoms with Gasteiger partial charge in [-0.3, -0.25) is 4.79 Å². The molecule has 0 radical (unpaired) electrons. The van der Waals surface area contributed by atoms with Crippen molar-refractivity contribution < 1.29 is 15.0 Å². The van der Waals surface area contributed by atoms with E-state index in [0.29, 0.717) is 23.2 Å². The number of fused-ring (bicyclic) bond motifs is 5. The molecule has 4 aliphatic carbocycles. The van der Waals surface area contributed by atoms with Crippen LogP contribution in [-0.4, -0.2) is 28.2 Å². The number of carbonyl (C=O) groups excluding carboxylic acids is 1. The molecule has 0 saturated heterocycles. The zero-order valence-electron chi connectivity index (χ0n) is 15.5. The maximum Gasteiger partial charge on any atom is 0.136 e. The van der Waals surface area contributed by atoms with Gasteiger partial charge in [0.1, 0.15) is 5.78 Å². The van der Waals surface area contributed by atoms with Crippen LogP contribution in [0.3, 0.4) is 0 Å². The van der Waals surface area contributed by atoms with Gasteiger partial charge in [-0.15, -0.1) is 0 Å². The van der Waals surface area contributed by atoms with Crippen molar-refractivity contribution in [2.45, 2.75) is 84.3 Å². The lowest BCUT2D eigenvalue weighted by atomic mass is 9.44. The van der Waals surface area contributed by atoms with Crippen LogP contribution in [0.4, 0.5) is 0 Å². The molecule has 4 aliphatic rings. The molecular formula is C21H34O3. The Morgan fingerprint density at radius 2 is 1.62 bits per heavy atom. The monoisotopic (exact) mass is 334 g/mol. The molecule has 136 valence electrons. The van der Waals surface area contributed by atoms with E-state index in [1.54, 1.807) is 6.92 Å². The van der Waals surface area contributed by atoms with E-state index in [4.69, 9.17) is 0 Å². The van der Waals surface area contributed by atoms with Crippen molar-refractivity contribution in [3.63, 3.8) is 0 Å². The van der Waals surface area contributed by atoms with E-state index >= 15 is 0 Å². The minimum absolute atomic E-state index is 0.00376.